The number of aromatic nitrogens is 1. The van der Waals surface area contributed by atoms with Crippen LogP contribution in [0.25, 0.3) is 0 Å². The first-order valence-electron chi connectivity index (χ1n) is 5.77. The Balaban J connectivity index is 2.35. The highest BCUT2D eigenvalue weighted by molar-refractivity contribution is 9.10. The molecule has 0 amide bonds. The number of carboxylic acids is 1. The molecule has 2 N–H and O–H groups in total. The summed E-state index contributed by atoms with van der Waals surface area (Å²) in [4.78, 5) is 16.4. The molecule has 0 aliphatic heterocycles. The minimum atomic E-state index is -0.964. The maximum Gasteiger partial charge on any atom is 0.338 e. The van der Waals surface area contributed by atoms with Crippen molar-refractivity contribution >= 4 is 50.5 Å². The molecule has 0 spiro atoms. The highest BCUT2D eigenvalue weighted by Crippen LogP contribution is 2.32. The van der Waals surface area contributed by atoms with Gasteiger partial charge in [0.1, 0.15) is 0 Å². The standard InChI is InChI=1S/C13H12BrClN2O2S/c1-6-3-7(2)11(9(10(6)14)12(18)19)16-4-8-5-17-13(15)20-8/h3,5,16H,4H2,1-2H3,(H,18,19). The van der Waals surface area contributed by atoms with E-state index in [0.29, 0.717) is 21.2 Å². The Bertz CT molecular complexity index is 673. The van der Waals surface area contributed by atoms with E-state index in [9.17, 15) is 9.90 Å². The maximum atomic E-state index is 11.5. The van der Waals surface area contributed by atoms with Crippen LogP contribution in [0, 0.1) is 13.8 Å². The predicted molar refractivity (Wildman–Crippen MR) is 85.0 cm³/mol. The summed E-state index contributed by atoms with van der Waals surface area (Å²) in [6.07, 6.45) is 1.68. The molecule has 0 aliphatic carbocycles. The molecule has 0 atom stereocenters. The van der Waals surface area contributed by atoms with Crippen molar-refractivity contribution in [3.63, 3.8) is 0 Å². The second-order valence-corrected chi connectivity index (χ2v) is 6.80. The van der Waals surface area contributed by atoms with E-state index in [1.165, 1.54) is 11.3 Å². The lowest BCUT2D eigenvalue weighted by atomic mass is 10.0. The van der Waals surface area contributed by atoms with Crippen molar-refractivity contribution in [3.8, 4) is 0 Å². The molecule has 2 rings (SSSR count). The molecular weight excluding hydrogens is 364 g/mol. The fourth-order valence-corrected chi connectivity index (χ4v) is 3.33. The van der Waals surface area contributed by atoms with Gasteiger partial charge in [0.2, 0.25) is 0 Å². The Labute approximate surface area is 133 Å². The molecule has 106 valence electrons. The number of carboxylic acid groups (broad SMARTS) is 1. The SMILES string of the molecule is Cc1cc(C)c(NCc2cnc(Cl)s2)c(C(=O)O)c1Br. The van der Waals surface area contributed by atoms with Gasteiger partial charge in [-0.25, -0.2) is 9.78 Å². The van der Waals surface area contributed by atoms with Gasteiger partial charge in [-0.3, -0.25) is 0 Å². The lowest BCUT2D eigenvalue weighted by Gasteiger charge is -2.15. The monoisotopic (exact) mass is 374 g/mol. The van der Waals surface area contributed by atoms with Crippen LogP contribution in [0.4, 0.5) is 5.69 Å². The van der Waals surface area contributed by atoms with Crippen molar-refractivity contribution in [2.75, 3.05) is 5.32 Å². The number of thiazole rings is 1. The van der Waals surface area contributed by atoms with Gasteiger partial charge >= 0.3 is 5.97 Å². The molecule has 0 unspecified atom stereocenters. The van der Waals surface area contributed by atoms with E-state index in [2.05, 4.69) is 26.2 Å². The summed E-state index contributed by atoms with van der Waals surface area (Å²) in [5.41, 5.74) is 2.64. The first kappa shape index (κ1) is 15.3. The van der Waals surface area contributed by atoms with Crippen molar-refractivity contribution in [1.82, 2.24) is 4.98 Å². The molecule has 1 aromatic carbocycles. The summed E-state index contributed by atoms with van der Waals surface area (Å²) >= 11 is 10.5. The Kier molecular flexibility index (Phi) is 4.67. The minimum absolute atomic E-state index is 0.248. The zero-order valence-corrected chi connectivity index (χ0v) is 14.0. The first-order valence-corrected chi connectivity index (χ1v) is 7.76. The van der Waals surface area contributed by atoms with E-state index in [-0.39, 0.29) is 5.56 Å². The van der Waals surface area contributed by atoms with Crippen LogP contribution in [0.5, 0.6) is 0 Å². The van der Waals surface area contributed by atoms with Gasteiger partial charge in [-0.2, -0.15) is 0 Å². The van der Waals surface area contributed by atoms with Crippen molar-refractivity contribution in [1.29, 1.82) is 0 Å². The largest absolute Gasteiger partial charge is 0.478 e. The quantitative estimate of drug-likeness (QED) is 0.826. The van der Waals surface area contributed by atoms with Crippen molar-refractivity contribution < 1.29 is 9.90 Å². The summed E-state index contributed by atoms with van der Waals surface area (Å²) in [5.74, 6) is -0.964. The number of carbonyl (C=O) groups is 1. The third kappa shape index (κ3) is 3.13. The highest BCUT2D eigenvalue weighted by atomic mass is 79.9. The lowest BCUT2D eigenvalue weighted by molar-refractivity contribution is 0.0696. The number of halogens is 2. The van der Waals surface area contributed by atoms with Gasteiger partial charge in [0.15, 0.2) is 4.47 Å². The van der Waals surface area contributed by atoms with Gasteiger partial charge in [-0.15, -0.1) is 11.3 Å². The van der Waals surface area contributed by atoms with Gasteiger partial charge < -0.3 is 10.4 Å². The summed E-state index contributed by atoms with van der Waals surface area (Å²) < 4.78 is 1.07. The van der Waals surface area contributed by atoms with Crippen LogP contribution in [0.2, 0.25) is 4.47 Å². The normalized spacial score (nSPS) is 10.6. The first-order chi connectivity index (χ1) is 9.40. The van der Waals surface area contributed by atoms with E-state index in [1.54, 1.807) is 6.20 Å². The average molecular weight is 376 g/mol. The van der Waals surface area contributed by atoms with Crippen LogP contribution >= 0.6 is 38.9 Å². The number of rotatable bonds is 4. The number of aromatic carboxylic acids is 1. The van der Waals surface area contributed by atoms with Gasteiger partial charge in [-0.05, 0) is 40.9 Å². The number of nitrogens with zero attached hydrogens (tertiary/aromatic N) is 1. The number of aryl methyl sites for hydroxylation is 2. The van der Waals surface area contributed by atoms with Gasteiger partial charge in [-0.1, -0.05) is 17.7 Å². The third-order valence-corrected chi connectivity index (χ3v) is 4.96. The number of benzene rings is 1. The fourth-order valence-electron chi connectivity index (χ4n) is 1.93. The van der Waals surface area contributed by atoms with E-state index in [1.807, 2.05) is 19.9 Å². The molecule has 0 fully saturated rings. The molecule has 0 saturated heterocycles. The Hall–Kier alpha value is -1.11. The molecule has 0 saturated carbocycles. The molecule has 2 aromatic rings. The zero-order valence-electron chi connectivity index (χ0n) is 10.8. The number of anilines is 1. The topological polar surface area (TPSA) is 62.2 Å². The molecule has 0 radical (unpaired) electrons. The van der Waals surface area contributed by atoms with Gasteiger partial charge in [0.05, 0.1) is 17.8 Å². The second kappa shape index (κ2) is 6.11. The van der Waals surface area contributed by atoms with Gasteiger partial charge in [0, 0.05) is 15.5 Å². The smallest absolute Gasteiger partial charge is 0.338 e. The van der Waals surface area contributed by atoms with Crippen molar-refractivity contribution in [2.45, 2.75) is 20.4 Å². The van der Waals surface area contributed by atoms with E-state index in [4.69, 9.17) is 11.6 Å². The van der Waals surface area contributed by atoms with Crippen LogP contribution in [-0.2, 0) is 6.54 Å². The van der Waals surface area contributed by atoms with Crippen LogP contribution < -0.4 is 5.32 Å². The zero-order chi connectivity index (χ0) is 14.9. The summed E-state index contributed by atoms with van der Waals surface area (Å²) in [5, 5.41) is 12.6. The fraction of sp³-hybridized carbons (Fsp3) is 0.231. The molecule has 20 heavy (non-hydrogen) atoms. The predicted octanol–water partition coefficient (Wildman–Crippen LogP) is 4.49. The molecule has 1 heterocycles. The maximum absolute atomic E-state index is 11.5. The second-order valence-electron chi connectivity index (χ2n) is 4.31. The Morgan fingerprint density at radius 2 is 2.20 bits per heavy atom. The average Bonchev–Trinajstić information content (AvgIpc) is 2.77. The Morgan fingerprint density at radius 3 is 2.75 bits per heavy atom. The summed E-state index contributed by atoms with van der Waals surface area (Å²) in [6, 6.07) is 1.94. The number of nitrogens with one attached hydrogen (secondary N) is 1. The van der Waals surface area contributed by atoms with E-state index >= 15 is 0 Å². The van der Waals surface area contributed by atoms with Gasteiger partial charge in [0.25, 0.3) is 0 Å². The highest BCUT2D eigenvalue weighted by Gasteiger charge is 2.18. The van der Waals surface area contributed by atoms with E-state index in [0.717, 1.165) is 16.0 Å². The van der Waals surface area contributed by atoms with E-state index < -0.39 is 5.97 Å². The van der Waals surface area contributed by atoms with Crippen LogP contribution in [0.15, 0.2) is 16.7 Å². The van der Waals surface area contributed by atoms with Crippen molar-refractivity contribution in [3.05, 3.63) is 42.8 Å². The number of hydrogen-bond donors (Lipinski definition) is 2. The molecule has 0 aliphatic rings. The molecule has 1 aromatic heterocycles. The molecule has 7 heteroatoms. The molecule has 0 bridgehead atoms. The molecule has 4 nitrogen and oxygen atoms in total. The van der Waals surface area contributed by atoms with Crippen LogP contribution in [-0.4, -0.2) is 16.1 Å². The minimum Gasteiger partial charge on any atom is -0.478 e. The lowest BCUT2D eigenvalue weighted by Crippen LogP contribution is -2.09. The van der Waals surface area contributed by atoms with Crippen molar-refractivity contribution in [2.24, 2.45) is 0 Å². The molecular formula is C13H12BrClN2O2S. The third-order valence-electron chi connectivity index (χ3n) is 2.82. The van der Waals surface area contributed by atoms with Crippen LogP contribution in [0.3, 0.4) is 0 Å². The summed E-state index contributed by atoms with van der Waals surface area (Å²) in [6.45, 7) is 4.24. The van der Waals surface area contributed by atoms with Crippen LogP contribution in [0.1, 0.15) is 26.4 Å². The summed E-state index contributed by atoms with van der Waals surface area (Å²) in [7, 11) is 0. The number of hydrogen-bond acceptors (Lipinski definition) is 4. The Morgan fingerprint density at radius 1 is 1.50 bits per heavy atom.